The zero-order valence-electron chi connectivity index (χ0n) is 21.4. The van der Waals surface area contributed by atoms with Crippen LogP contribution in [0.15, 0.2) is 31.5 Å². The highest BCUT2D eigenvalue weighted by Crippen LogP contribution is 2.27. The lowest BCUT2D eigenvalue weighted by Gasteiger charge is -2.26. The fraction of sp³-hybridized carbons (Fsp3) is 0.593. The van der Waals surface area contributed by atoms with Gasteiger partial charge >= 0.3 is 0 Å². The molecule has 0 saturated heterocycles. The first kappa shape index (κ1) is 29.8. The number of pyridine rings is 1. The molecule has 2 aromatic rings. The zero-order chi connectivity index (χ0) is 26.3. The van der Waals surface area contributed by atoms with Crippen molar-refractivity contribution in [3.8, 4) is 5.88 Å². The van der Waals surface area contributed by atoms with Gasteiger partial charge < -0.3 is 15.4 Å². The van der Waals surface area contributed by atoms with Gasteiger partial charge in [0.1, 0.15) is 0 Å². The summed E-state index contributed by atoms with van der Waals surface area (Å²) < 4.78 is 29.6. The number of ether oxygens (including phenoxy) is 1. The molecule has 2 aliphatic rings. The highest BCUT2D eigenvalue weighted by molar-refractivity contribution is 7.11. The minimum Gasteiger partial charge on any atom is -0.472 e. The first-order valence-electron chi connectivity index (χ1n) is 12.7. The Kier molecular flexibility index (Phi) is 13.6. The Labute approximate surface area is 218 Å². The summed E-state index contributed by atoms with van der Waals surface area (Å²) in [4.78, 5) is 22.3. The average molecular weight is 523 g/mol. The fourth-order valence-corrected chi connectivity index (χ4v) is 5.37. The van der Waals surface area contributed by atoms with E-state index in [1.165, 1.54) is 62.0 Å². The molecule has 1 saturated carbocycles. The summed E-state index contributed by atoms with van der Waals surface area (Å²) in [5.74, 6) is 0.935. The van der Waals surface area contributed by atoms with Crippen LogP contribution in [0.3, 0.4) is 0 Å². The predicted molar refractivity (Wildman–Crippen MR) is 142 cm³/mol. The molecule has 0 radical (unpaired) electrons. The zero-order valence-corrected chi connectivity index (χ0v) is 22.2. The normalized spacial score (nSPS) is 16.1. The summed E-state index contributed by atoms with van der Waals surface area (Å²) in [6.07, 6.45) is 9.75. The number of halogens is 2. The second-order valence-corrected chi connectivity index (χ2v) is 10.4. The summed E-state index contributed by atoms with van der Waals surface area (Å²) in [7, 11) is 0. The number of primary amides is 1. The molecule has 1 aliphatic heterocycles. The topological polar surface area (TPSA) is 81.3 Å². The van der Waals surface area contributed by atoms with Gasteiger partial charge in [-0.05, 0) is 37.8 Å². The third kappa shape index (κ3) is 11.1. The van der Waals surface area contributed by atoms with Gasteiger partial charge in [0.05, 0.1) is 11.4 Å². The van der Waals surface area contributed by atoms with Gasteiger partial charge in [-0.3, -0.25) is 4.79 Å². The summed E-state index contributed by atoms with van der Waals surface area (Å²) in [6.45, 7) is 10.6. The second-order valence-electron chi connectivity index (χ2n) is 9.08. The summed E-state index contributed by atoms with van der Waals surface area (Å²) in [5.41, 5.74) is 7.23. The molecule has 2 aromatic heterocycles. The van der Waals surface area contributed by atoms with Gasteiger partial charge in [-0.1, -0.05) is 38.2 Å². The quantitative estimate of drug-likeness (QED) is 0.471. The Hall–Kier alpha value is -2.39. The van der Waals surface area contributed by atoms with Crippen molar-refractivity contribution in [2.45, 2.75) is 71.1 Å². The number of nitrogens with two attached hydrogens (primary N) is 1. The maximum atomic E-state index is 12.3. The molecular weight excluding hydrogens is 482 g/mol. The maximum absolute atomic E-state index is 12.3. The summed E-state index contributed by atoms with van der Waals surface area (Å²) >= 11 is 1.50. The number of hydrogen-bond acceptors (Lipinski definition) is 6. The van der Waals surface area contributed by atoms with E-state index in [1.54, 1.807) is 12.3 Å². The third-order valence-corrected chi connectivity index (χ3v) is 7.27. The van der Waals surface area contributed by atoms with Gasteiger partial charge in [-0.15, -0.1) is 24.5 Å². The summed E-state index contributed by atoms with van der Waals surface area (Å²) in [5, 5.41) is 0.969. The molecule has 1 amide bonds. The lowest BCUT2D eigenvalue weighted by Crippen LogP contribution is -2.29. The predicted octanol–water partition coefficient (Wildman–Crippen LogP) is 5.38. The maximum Gasteiger partial charge on any atom is 0.272 e. The Morgan fingerprint density at radius 3 is 2.58 bits per heavy atom. The van der Waals surface area contributed by atoms with Crippen LogP contribution in [0.5, 0.6) is 5.88 Å². The molecule has 0 atom stereocenters. The van der Waals surface area contributed by atoms with Crippen LogP contribution in [0.1, 0.15) is 59.7 Å². The van der Waals surface area contributed by atoms with Gasteiger partial charge in [-0.25, -0.2) is 18.7 Å². The van der Waals surface area contributed by atoms with Crippen LogP contribution >= 0.6 is 11.3 Å². The molecule has 3 heterocycles. The number of hydrogen-bond donors (Lipinski definition) is 1. The number of rotatable bonds is 8. The number of aromatic nitrogens is 2. The van der Waals surface area contributed by atoms with Gasteiger partial charge in [0.2, 0.25) is 11.8 Å². The van der Waals surface area contributed by atoms with Gasteiger partial charge in [0.15, 0.2) is 6.61 Å². The first-order valence-corrected chi connectivity index (χ1v) is 13.5. The van der Waals surface area contributed by atoms with Crippen molar-refractivity contribution in [3.63, 3.8) is 0 Å². The molecule has 200 valence electrons. The second kappa shape index (κ2) is 16.4. The molecule has 4 rings (SSSR count). The molecule has 2 N–H and O–H groups in total. The molecule has 36 heavy (non-hydrogen) atoms. The van der Waals surface area contributed by atoms with Crippen molar-refractivity contribution >= 4 is 17.2 Å². The van der Waals surface area contributed by atoms with Crippen LogP contribution in [0, 0.1) is 12.8 Å². The number of amides is 1. The van der Waals surface area contributed by atoms with E-state index >= 15 is 0 Å². The number of carbonyl (C=O) groups is 1. The van der Waals surface area contributed by atoms with Crippen molar-refractivity contribution < 1.29 is 18.3 Å². The Morgan fingerprint density at radius 1 is 1.22 bits per heavy atom. The van der Waals surface area contributed by atoms with Crippen LogP contribution in [0.2, 0.25) is 0 Å². The van der Waals surface area contributed by atoms with E-state index < -0.39 is 13.0 Å². The molecule has 0 unspecified atom stereocenters. The fourth-order valence-electron chi connectivity index (χ4n) is 4.56. The standard InChI is InChI=1S/C19H28F2N2O.C6H8N2OS.C2H4/c20-18(21)14-24-19-7-6-16-9-12-23(13-10-17(16)22-19)11-8-15-4-2-1-3-5-15;1-4-8-3-5(10-4)2-6(7)9;1-2/h6-7,15,18H,1-5,8-14H2;3H,2H2,1H3,(H2,7,9);1-2H2. The van der Waals surface area contributed by atoms with E-state index in [-0.39, 0.29) is 5.91 Å². The van der Waals surface area contributed by atoms with Crippen LogP contribution in [-0.2, 0) is 24.1 Å². The number of alkyl halides is 2. The molecule has 0 bridgehead atoms. The van der Waals surface area contributed by atoms with Crippen LogP contribution in [0.25, 0.3) is 0 Å². The van der Waals surface area contributed by atoms with Crippen molar-refractivity contribution in [2.75, 3.05) is 26.2 Å². The highest BCUT2D eigenvalue weighted by atomic mass is 32.1. The van der Waals surface area contributed by atoms with E-state index in [9.17, 15) is 13.6 Å². The minimum atomic E-state index is -2.46. The van der Waals surface area contributed by atoms with E-state index in [1.807, 2.05) is 13.0 Å². The monoisotopic (exact) mass is 522 g/mol. The summed E-state index contributed by atoms with van der Waals surface area (Å²) in [6, 6.07) is 3.71. The van der Waals surface area contributed by atoms with Crippen molar-refractivity contribution in [1.29, 1.82) is 0 Å². The van der Waals surface area contributed by atoms with Crippen molar-refractivity contribution in [1.82, 2.24) is 14.9 Å². The van der Waals surface area contributed by atoms with Crippen LogP contribution in [-0.4, -0.2) is 53.4 Å². The van der Waals surface area contributed by atoms with Crippen LogP contribution in [0.4, 0.5) is 8.78 Å². The Balaban J connectivity index is 0.000000318. The van der Waals surface area contributed by atoms with Gasteiger partial charge in [0.25, 0.3) is 6.43 Å². The van der Waals surface area contributed by atoms with E-state index in [4.69, 9.17) is 10.5 Å². The third-order valence-electron chi connectivity index (χ3n) is 6.36. The molecular formula is C27H40F2N4O2S. The molecule has 1 fully saturated rings. The Bertz CT molecular complexity index is 919. The molecule has 6 nitrogen and oxygen atoms in total. The SMILES string of the molecule is C=C.Cc1ncc(CC(N)=O)s1.FC(F)COc1ccc2c(n1)CCN(CCC1CCCCC1)CC2. The van der Waals surface area contributed by atoms with Gasteiger partial charge in [-0.2, -0.15) is 0 Å². The van der Waals surface area contributed by atoms with E-state index in [0.717, 1.165) is 47.4 Å². The number of aryl methyl sites for hydroxylation is 1. The minimum absolute atomic E-state index is 0.302. The smallest absolute Gasteiger partial charge is 0.272 e. The Morgan fingerprint density at radius 2 is 1.94 bits per heavy atom. The van der Waals surface area contributed by atoms with Crippen LogP contribution < -0.4 is 10.5 Å². The highest BCUT2D eigenvalue weighted by Gasteiger charge is 2.19. The molecule has 1 aliphatic carbocycles. The lowest BCUT2D eigenvalue weighted by atomic mass is 9.87. The molecule has 9 heteroatoms. The first-order chi connectivity index (χ1) is 17.4. The lowest BCUT2D eigenvalue weighted by molar-refractivity contribution is -0.117. The van der Waals surface area contributed by atoms with E-state index in [0.29, 0.717) is 12.3 Å². The van der Waals surface area contributed by atoms with Crippen molar-refractivity contribution in [2.24, 2.45) is 11.7 Å². The van der Waals surface area contributed by atoms with Crippen molar-refractivity contribution in [3.05, 3.63) is 52.6 Å². The van der Waals surface area contributed by atoms with Gasteiger partial charge in [0, 0.05) is 42.3 Å². The number of thiazole rings is 1. The number of carbonyl (C=O) groups excluding carboxylic acids is 1. The largest absolute Gasteiger partial charge is 0.472 e. The average Bonchev–Trinajstić information content (AvgIpc) is 3.17. The number of nitrogens with zero attached hydrogens (tertiary/aromatic N) is 3. The number of fused-ring (bicyclic) bond motifs is 1. The molecule has 0 spiro atoms. The molecule has 0 aromatic carbocycles. The van der Waals surface area contributed by atoms with E-state index in [2.05, 4.69) is 28.0 Å².